The molecule has 9 heteroatoms. The summed E-state index contributed by atoms with van der Waals surface area (Å²) in [7, 11) is 0. The molecule has 4 aromatic rings. The molecule has 2 aromatic heterocycles. The van der Waals surface area contributed by atoms with E-state index in [0.717, 1.165) is 41.8 Å². The molecule has 2 aromatic carbocycles. The molecule has 5 nitrogen and oxygen atoms in total. The predicted molar refractivity (Wildman–Crippen MR) is 152 cm³/mol. The number of anilines is 1. The first-order valence-corrected chi connectivity index (χ1v) is 14.4. The molecule has 0 radical (unpaired) electrons. The van der Waals surface area contributed by atoms with Gasteiger partial charge in [0.05, 0.1) is 21.3 Å². The van der Waals surface area contributed by atoms with Crippen LogP contribution in [0.1, 0.15) is 41.1 Å². The molecule has 0 saturated carbocycles. The maximum absolute atomic E-state index is 12.5. The van der Waals surface area contributed by atoms with Crippen LogP contribution in [0.3, 0.4) is 0 Å². The lowest BCUT2D eigenvalue weighted by Gasteiger charge is -2.25. The van der Waals surface area contributed by atoms with Gasteiger partial charge in [-0.1, -0.05) is 59.6 Å². The Labute approximate surface area is 233 Å². The molecule has 0 spiro atoms. The van der Waals surface area contributed by atoms with Crippen molar-refractivity contribution in [1.29, 1.82) is 5.26 Å². The number of aryl methyl sites for hydroxylation is 1. The second kappa shape index (κ2) is 11.7. The molecule has 1 amide bonds. The monoisotopic (exact) mass is 564 g/mol. The fourth-order valence-corrected chi connectivity index (χ4v) is 6.34. The van der Waals surface area contributed by atoms with Crippen LogP contribution in [-0.4, -0.2) is 21.6 Å². The normalized spacial score (nSPS) is 14.6. The maximum atomic E-state index is 12.5. The highest BCUT2D eigenvalue weighted by atomic mass is 35.5. The number of fused-ring (bicyclic) bond motifs is 1. The summed E-state index contributed by atoms with van der Waals surface area (Å²) < 4.78 is 0. The van der Waals surface area contributed by atoms with Crippen molar-refractivity contribution in [3.63, 3.8) is 0 Å². The number of nitrogens with zero attached hydrogens (tertiary/aromatic N) is 3. The van der Waals surface area contributed by atoms with E-state index >= 15 is 0 Å². The minimum Gasteiger partial charge on any atom is -0.302 e. The molecule has 186 valence electrons. The van der Waals surface area contributed by atoms with Gasteiger partial charge in [-0.15, -0.1) is 23.1 Å². The summed E-state index contributed by atoms with van der Waals surface area (Å²) in [5, 5.41) is 16.6. The quantitative estimate of drug-likeness (QED) is 0.232. The van der Waals surface area contributed by atoms with Crippen molar-refractivity contribution in [1.82, 2.24) is 9.97 Å². The Morgan fingerprint density at radius 1 is 1.14 bits per heavy atom. The van der Waals surface area contributed by atoms with E-state index in [0.29, 0.717) is 37.4 Å². The van der Waals surface area contributed by atoms with Crippen LogP contribution in [0.2, 0.25) is 10.0 Å². The molecule has 2 heterocycles. The molecule has 5 rings (SSSR count). The summed E-state index contributed by atoms with van der Waals surface area (Å²) >= 11 is 14.9. The Balaban J connectivity index is 1.17. The molecule has 1 aliphatic rings. The molecule has 0 bridgehead atoms. The highest BCUT2D eigenvalue weighted by Gasteiger charge is 2.23. The van der Waals surface area contributed by atoms with Crippen LogP contribution in [0.15, 0.2) is 65.0 Å². The fourth-order valence-electron chi connectivity index (χ4n) is 4.39. The first kappa shape index (κ1) is 25.7. The Bertz CT molecular complexity index is 1480. The minimum absolute atomic E-state index is 0.135. The van der Waals surface area contributed by atoms with Crippen LogP contribution >= 0.6 is 46.3 Å². The fraction of sp³-hybridized carbons (Fsp3) is 0.214. The smallest absolute Gasteiger partial charge is 0.226 e. The summed E-state index contributed by atoms with van der Waals surface area (Å²) in [6.45, 7) is 0. The SMILES string of the molecule is N#Cc1cc2c(nc1SCCC(=O)Nc1nc(-c3ccc(Cl)c(Cl)c3)cs1)CCC(c1ccccc1)C2. The van der Waals surface area contributed by atoms with Crippen molar-refractivity contribution in [2.75, 3.05) is 11.1 Å². The lowest BCUT2D eigenvalue weighted by molar-refractivity contribution is -0.115. The van der Waals surface area contributed by atoms with E-state index in [9.17, 15) is 10.1 Å². The topological polar surface area (TPSA) is 78.7 Å². The van der Waals surface area contributed by atoms with Gasteiger partial charge >= 0.3 is 0 Å². The zero-order valence-corrected chi connectivity index (χ0v) is 22.9. The van der Waals surface area contributed by atoms with E-state index in [1.807, 2.05) is 23.6 Å². The van der Waals surface area contributed by atoms with Gasteiger partial charge in [-0.3, -0.25) is 4.79 Å². The number of benzene rings is 2. The van der Waals surface area contributed by atoms with Crippen molar-refractivity contribution in [2.24, 2.45) is 0 Å². The van der Waals surface area contributed by atoms with E-state index in [1.165, 1.54) is 28.7 Å². The number of amides is 1. The first-order valence-electron chi connectivity index (χ1n) is 11.8. The Hall–Kier alpha value is -2.89. The van der Waals surface area contributed by atoms with Gasteiger partial charge in [0.15, 0.2) is 5.13 Å². The van der Waals surface area contributed by atoms with Gasteiger partial charge in [0, 0.05) is 28.8 Å². The molecular weight excluding hydrogens is 543 g/mol. The molecular formula is C28H22Cl2N4OS2. The largest absolute Gasteiger partial charge is 0.302 e. The van der Waals surface area contributed by atoms with Crippen molar-refractivity contribution in [3.8, 4) is 17.3 Å². The Kier molecular flexibility index (Phi) is 8.11. The summed E-state index contributed by atoms with van der Waals surface area (Å²) in [5.41, 5.74) is 5.68. The molecule has 1 unspecified atom stereocenters. The van der Waals surface area contributed by atoms with Gasteiger partial charge in [0.25, 0.3) is 0 Å². The van der Waals surface area contributed by atoms with Crippen LogP contribution in [0.4, 0.5) is 5.13 Å². The van der Waals surface area contributed by atoms with Crippen LogP contribution in [-0.2, 0) is 17.6 Å². The average molecular weight is 566 g/mol. The number of carbonyl (C=O) groups excluding carboxylic acids is 1. The number of nitriles is 1. The number of thiazole rings is 1. The average Bonchev–Trinajstić information content (AvgIpc) is 3.38. The number of hydrogen-bond acceptors (Lipinski definition) is 6. The third-order valence-corrected chi connectivity index (χ3v) is 8.77. The van der Waals surface area contributed by atoms with Gasteiger partial charge in [0.2, 0.25) is 5.91 Å². The summed E-state index contributed by atoms with van der Waals surface area (Å²) in [5.74, 6) is 0.834. The molecule has 37 heavy (non-hydrogen) atoms. The minimum atomic E-state index is -0.135. The van der Waals surface area contributed by atoms with Crippen molar-refractivity contribution in [3.05, 3.63) is 92.4 Å². The highest BCUT2D eigenvalue weighted by molar-refractivity contribution is 7.99. The van der Waals surface area contributed by atoms with Crippen LogP contribution in [0.25, 0.3) is 11.3 Å². The number of halogens is 2. The highest BCUT2D eigenvalue weighted by Crippen LogP contribution is 2.35. The summed E-state index contributed by atoms with van der Waals surface area (Å²) in [4.78, 5) is 21.8. The Morgan fingerprint density at radius 2 is 1.97 bits per heavy atom. The molecule has 0 fully saturated rings. The lowest BCUT2D eigenvalue weighted by atomic mass is 9.82. The molecule has 1 aliphatic carbocycles. The van der Waals surface area contributed by atoms with Gasteiger partial charge < -0.3 is 5.32 Å². The van der Waals surface area contributed by atoms with Crippen LogP contribution in [0, 0.1) is 11.3 Å². The maximum Gasteiger partial charge on any atom is 0.226 e. The van der Waals surface area contributed by atoms with E-state index in [1.54, 1.807) is 12.1 Å². The zero-order valence-electron chi connectivity index (χ0n) is 19.7. The molecule has 0 saturated heterocycles. The second-order valence-electron chi connectivity index (χ2n) is 8.72. The number of hydrogen-bond donors (Lipinski definition) is 1. The number of pyridine rings is 1. The standard InChI is InChI=1S/C28H22Cl2N4OS2/c29-22-8-6-19(14-23(22)30)25-16-37-28(33-25)34-26(35)10-11-36-27-21(15-31)13-20-12-18(7-9-24(20)32-27)17-4-2-1-3-5-17/h1-6,8,13-14,16,18H,7,9-12H2,(H,33,34,35). The van der Waals surface area contributed by atoms with E-state index in [2.05, 4.69) is 40.6 Å². The predicted octanol–water partition coefficient (Wildman–Crippen LogP) is 7.78. The van der Waals surface area contributed by atoms with E-state index in [-0.39, 0.29) is 12.3 Å². The summed E-state index contributed by atoms with van der Waals surface area (Å²) in [6, 6.07) is 20.1. The number of carbonyl (C=O) groups is 1. The van der Waals surface area contributed by atoms with Crippen molar-refractivity contribution in [2.45, 2.75) is 36.6 Å². The second-order valence-corrected chi connectivity index (χ2v) is 11.5. The van der Waals surface area contributed by atoms with Gasteiger partial charge in [-0.2, -0.15) is 5.26 Å². The summed E-state index contributed by atoms with van der Waals surface area (Å²) in [6.07, 6.45) is 3.11. The van der Waals surface area contributed by atoms with Crippen LogP contribution < -0.4 is 5.32 Å². The van der Waals surface area contributed by atoms with Crippen LogP contribution in [0.5, 0.6) is 0 Å². The molecule has 0 aliphatic heterocycles. The number of aromatic nitrogens is 2. The third-order valence-electron chi connectivity index (χ3n) is 6.28. The van der Waals surface area contributed by atoms with Gasteiger partial charge in [-0.05, 0) is 54.5 Å². The third kappa shape index (κ3) is 6.16. The number of thioether (sulfide) groups is 1. The molecule has 1 N–H and O–H groups in total. The van der Waals surface area contributed by atoms with Crippen molar-refractivity contribution >= 4 is 57.3 Å². The Morgan fingerprint density at radius 3 is 2.76 bits per heavy atom. The van der Waals surface area contributed by atoms with Gasteiger partial charge in [0.1, 0.15) is 11.1 Å². The molecule has 1 atom stereocenters. The van der Waals surface area contributed by atoms with Gasteiger partial charge in [-0.25, -0.2) is 9.97 Å². The van der Waals surface area contributed by atoms with E-state index in [4.69, 9.17) is 28.2 Å². The van der Waals surface area contributed by atoms with E-state index < -0.39 is 0 Å². The first-order chi connectivity index (χ1) is 18.0. The number of nitrogens with one attached hydrogen (secondary N) is 1. The zero-order chi connectivity index (χ0) is 25.8. The number of rotatable bonds is 7. The lowest BCUT2D eigenvalue weighted by Crippen LogP contribution is -2.15. The van der Waals surface area contributed by atoms with Crippen molar-refractivity contribution < 1.29 is 4.79 Å².